The Hall–Kier alpha value is -2.48. The molecule has 0 atom stereocenters. The number of halogens is 4. The average Bonchev–Trinajstić information content (AvgIpc) is 2.47. The molecule has 2 aromatic rings. The molecule has 23 heavy (non-hydrogen) atoms. The molecule has 0 saturated carbocycles. The molecule has 0 spiro atoms. The number of hydrogen-bond donors (Lipinski definition) is 3. The van der Waals surface area contributed by atoms with Crippen molar-refractivity contribution < 1.29 is 23.1 Å². The van der Waals surface area contributed by atoms with Crippen molar-refractivity contribution in [2.45, 2.75) is 12.7 Å². The van der Waals surface area contributed by atoms with Crippen LogP contribution in [0.1, 0.15) is 11.3 Å². The Labute approximate surface area is 134 Å². The molecule has 0 unspecified atom stereocenters. The van der Waals surface area contributed by atoms with Gasteiger partial charge in [0.25, 0.3) is 0 Å². The van der Waals surface area contributed by atoms with Crippen LogP contribution in [0.2, 0.25) is 5.02 Å². The zero-order valence-corrected chi connectivity index (χ0v) is 12.2. The SMILES string of the molecule is O=C(O)NCc1ccc(Nc2ccc(Cl)cc2C(F)(F)F)cn1. The van der Waals surface area contributed by atoms with Crippen molar-refractivity contribution in [3.8, 4) is 0 Å². The summed E-state index contributed by atoms with van der Waals surface area (Å²) in [5.41, 5.74) is -0.274. The van der Waals surface area contributed by atoms with E-state index in [1.54, 1.807) is 0 Å². The predicted octanol–water partition coefficient (Wildman–Crippen LogP) is 4.27. The van der Waals surface area contributed by atoms with Gasteiger partial charge >= 0.3 is 12.3 Å². The van der Waals surface area contributed by atoms with E-state index >= 15 is 0 Å². The largest absolute Gasteiger partial charge is 0.465 e. The van der Waals surface area contributed by atoms with Gasteiger partial charge in [-0.15, -0.1) is 0 Å². The maximum absolute atomic E-state index is 13.0. The van der Waals surface area contributed by atoms with Gasteiger partial charge in [0.1, 0.15) is 0 Å². The molecule has 5 nitrogen and oxygen atoms in total. The number of alkyl halides is 3. The highest BCUT2D eigenvalue weighted by molar-refractivity contribution is 6.30. The zero-order valence-electron chi connectivity index (χ0n) is 11.5. The summed E-state index contributed by atoms with van der Waals surface area (Å²) in [6, 6.07) is 6.41. The van der Waals surface area contributed by atoms with Crippen LogP contribution in [0, 0.1) is 0 Å². The van der Waals surface area contributed by atoms with E-state index in [0.717, 1.165) is 6.07 Å². The number of benzene rings is 1. The number of hydrogen-bond acceptors (Lipinski definition) is 3. The van der Waals surface area contributed by atoms with Gasteiger partial charge in [-0.3, -0.25) is 4.98 Å². The Morgan fingerprint density at radius 2 is 2.00 bits per heavy atom. The Balaban J connectivity index is 2.18. The van der Waals surface area contributed by atoms with Crippen molar-refractivity contribution in [1.82, 2.24) is 10.3 Å². The second-order valence-electron chi connectivity index (χ2n) is 4.51. The van der Waals surface area contributed by atoms with Crippen molar-refractivity contribution in [3.05, 3.63) is 52.8 Å². The number of amides is 1. The molecular weight excluding hydrogens is 335 g/mol. The molecule has 1 amide bonds. The molecular formula is C14H11ClF3N3O2. The fourth-order valence-corrected chi connectivity index (χ4v) is 1.96. The molecule has 0 radical (unpaired) electrons. The Morgan fingerprint density at radius 1 is 1.26 bits per heavy atom. The Bertz CT molecular complexity index is 705. The van der Waals surface area contributed by atoms with Crippen LogP contribution in [0.5, 0.6) is 0 Å². The fourth-order valence-electron chi connectivity index (χ4n) is 1.78. The number of pyridine rings is 1. The van der Waals surface area contributed by atoms with Gasteiger partial charge in [-0.1, -0.05) is 11.6 Å². The van der Waals surface area contributed by atoms with Crippen LogP contribution in [0.15, 0.2) is 36.5 Å². The standard InChI is InChI=1S/C14H11ClF3N3O2/c15-8-1-4-12(11(5-8)14(16,17)18)21-10-3-2-9(19-7-10)6-20-13(22)23/h1-5,7,20-21H,6H2,(H,22,23). The van der Waals surface area contributed by atoms with E-state index in [0.29, 0.717) is 11.4 Å². The van der Waals surface area contributed by atoms with E-state index in [2.05, 4.69) is 15.6 Å². The molecule has 9 heteroatoms. The first kappa shape index (κ1) is 16.9. The first-order valence-corrected chi connectivity index (χ1v) is 6.69. The number of carboxylic acid groups (broad SMARTS) is 1. The number of nitrogens with one attached hydrogen (secondary N) is 2. The van der Waals surface area contributed by atoms with Crippen molar-refractivity contribution in [3.63, 3.8) is 0 Å². The van der Waals surface area contributed by atoms with Crippen molar-refractivity contribution in [2.24, 2.45) is 0 Å². The lowest BCUT2D eigenvalue weighted by atomic mass is 10.1. The highest BCUT2D eigenvalue weighted by Gasteiger charge is 2.33. The minimum atomic E-state index is -4.55. The van der Waals surface area contributed by atoms with Crippen LogP contribution in [-0.2, 0) is 12.7 Å². The van der Waals surface area contributed by atoms with Gasteiger partial charge in [0, 0.05) is 5.02 Å². The molecule has 122 valence electrons. The van der Waals surface area contributed by atoms with Crippen molar-refractivity contribution >= 4 is 29.1 Å². The van der Waals surface area contributed by atoms with Crippen LogP contribution in [0.4, 0.5) is 29.3 Å². The summed E-state index contributed by atoms with van der Waals surface area (Å²) in [6.07, 6.45) is -4.43. The van der Waals surface area contributed by atoms with Gasteiger partial charge in [-0.25, -0.2) is 4.79 Å². The molecule has 0 fully saturated rings. The molecule has 0 bridgehead atoms. The van der Waals surface area contributed by atoms with Crippen molar-refractivity contribution in [1.29, 1.82) is 0 Å². The van der Waals surface area contributed by atoms with E-state index in [4.69, 9.17) is 16.7 Å². The van der Waals surface area contributed by atoms with Gasteiger partial charge in [0.05, 0.1) is 35.4 Å². The second kappa shape index (κ2) is 6.74. The Kier molecular flexibility index (Phi) is 4.95. The number of rotatable bonds is 4. The Morgan fingerprint density at radius 3 is 2.57 bits per heavy atom. The van der Waals surface area contributed by atoms with E-state index < -0.39 is 17.8 Å². The predicted molar refractivity (Wildman–Crippen MR) is 78.8 cm³/mol. The van der Waals surface area contributed by atoms with E-state index in [1.165, 1.54) is 30.5 Å². The third-order valence-corrected chi connectivity index (χ3v) is 3.05. The topological polar surface area (TPSA) is 74.2 Å². The molecule has 3 N–H and O–H groups in total. The monoisotopic (exact) mass is 345 g/mol. The van der Waals surface area contributed by atoms with Crippen LogP contribution >= 0.6 is 11.6 Å². The summed E-state index contributed by atoms with van der Waals surface area (Å²) >= 11 is 5.61. The number of anilines is 2. The molecule has 1 heterocycles. The molecule has 1 aromatic heterocycles. The second-order valence-corrected chi connectivity index (χ2v) is 4.95. The highest BCUT2D eigenvalue weighted by Crippen LogP contribution is 2.37. The van der Waals surface area contributed by atoms with Crippen LogP contribution < -0.4 is 10.6 Å². The summed E-state index contributed by atoms with van der Waals surface area (Å²) in [6.45, 7) is 0.00432. The van der Waals surface area contributed by atoms with Gasteiger partial charge in [-0.2, -0.15) is 13.2 Å². The van der Waals surface area contributed by atoms with Gasteiger partial charge < -0.3 is 15.7 Å². The van der Waals surface area contributed by atoms with Crippen LogP contribution in [0.25, 0.3) is 0 Å². The molecule has 2 rings (SSSR count). The number of aromatic nitrogens is 1. The average molecular weight is 346 g/mol. The summed E-state index contributed by atoms with van der Waals surface area (Å²) in [4.78, 5) is 14.3. The first-order chi connectivity index (χ1) is 10.8. The van der Waals surface area contributed by atoms with Crippen LogP contribution in [-0.4, -0.2) is 16.2 Å². The van der Waals surface area contributed by atoms with Gasteiger partial charge in [-0.05, 0) is 30.3 Å². The lowest BCUT2D eigenvalue weighted by molar-refractivity contribution is -0.136. The smallest absolute Gasteiger partial charge is 0.418 e. The maximum atomic E-state index is 13.0. The summed E-state index contributed by atoms with van der Waals surface area (Å²) in [7, 11) is 0. The summed E-state index contributed by atoms with van der Waals surface area (Å²) in [5.74, 6) is 0. The fraction of sp³-hybridized carbons (Fsp3) is 0.143. The minimum absolute atomic E-state index is 0.00432. The lowest BCUT2D eigenvalue weighted by Crippen LogP contribution is -2.20. The van der Waals surface area contributed by atoms with E-state index in [9.17, 15) is 18.0 Å². The normalized spacial score (nSPS) is 11.1. The van der Waals surface area contributed by atoms with Crippen molar-refractivity contribution in [2.75, 3.05) is 5.32 Å². The maximum Gasteiger partial charge on any atom is 0.418 e. The van der Waals surface area contributed by atoms with Gasteiger partial charge in [0.15, 0.2) is 0 Å². The lowest BCUT2D eigenvalue weighted by Gasteiger charge is -2.15. The van der Waals surface area contributed by atoms with Crippen LogP contribution in [0.3, 0.4) is 0 Å². The number of nitrogens with zero attached hydrogens (tertiary/aromatic N) is 1. The molecule has 0 aliphatic heterocycles. The molecule has 1 aromatic carbocycles. The molecule has 0 saturated heterocycles. The summed E-state index contributed by atoms with van der Waals surface area (Å²) < 4.78 is 39.0. The highest BCUT2D eigenvalue weighted by atomic mass is 35.5. The third kappa shape index (κ3) is 4.75. The number of carbonyl (C=O) groups is 1. The third-order valence-electron chi connectivity index (χ3n) is 2.81. The molecule has 0 aliphatic carbocycles. The van der Waals surface area contributed by atoms with Gasteiger partial charge in [0.2, 0.25) is 0 Å². The molecule has 0 aliphatic rings. The van der Waals surface area contributed by atoms with E-state index in [-0.39, 0.29) is 17.3 Å². The van der Waals surface area contributed by atoms with E-state index in [1.807, 2.05) is 0 Å². The summed E-state index contributed by atoms with van der Waals surface area (Å²) in [5, 5.41) is 13.2. The first-order valence-electron chi connectivity index (χ1n) is 6.31. The minimum Gasteiger partial charge on any atom is -0.465 e. The quantitative estimate of drug-likeness (QED) is 0.773. The zero-order chi connectivity index (χ0) is 17.0.